The van der Waals surface area contributed by atoms with Crippen molar-refractivity contribution in [3.05, 3.63) is 158 Å². The molecule has 3 aromatic heterocycles. The Morgan fingerprint density at radius 3 is 1.84 bits per heavy atom. The minimum absolute atomic E-state index is 1.16. The Balaban J connectivity index is 1.37. The number of fused-ring (bicyclic) bond motifs is 10. The maximum Gasteiger partial charge on any atom is 0.0562 e. The number of benzene rings is 7. The van der Waals surface area contributed by atoms with E-state index in [1.54, 1.807) is 0 Å². The molecule has 10 aromatic rings. The fraction of sp³-hybridized carbons (Fsp3) is 0. The average Bonchev–Trinajstić information content (AvgIpc) is 3.76. The van der Waals surface area contributed by atoms with Crippen LogP contribution in [0.2, 0.25) is 0 Å². The van der Waals surface area contributed by atoms with Gasteiger partial charge in [-0.3, -0.25) is 0 Å². The van der Waals surface area contributed by atoms with Gasteiger partial charge in [-0.05, 0) is 48.0 Å². The summed E-state index contributed by atoms with van der Waals surface area (Å²) in [5.74, 6) is 0. The topological polar surface area (TPSA) is 9.86 Å². The van der Waals surface area contributed by atoms with Crippen LogP contribution in [0.3, 0.4) is 0 Å². The summed E-state index contributed by atoms with van der Waals surface area (Å²) in [5.41, 5.74) is 9.65. The molecular formula is C42H26N2S. The van der Waals surface area contributed by atoms with E-state index >= 15 is 0 Å². The molecule has 0 spiro atoms. The summed E-state index contributed by atoms with van der Waals surface area (Å²) < 4.78 is 7.59. The van der Waals surface area contributed by atoms with Crippen molar-refractivity contribution in [3.63, 3.8) is 0 Å². The summed E-state index contributed by atoms with van der Waals surface area (Å²) in [4.78, 5) is 0. The fourth-order valence-electron chi connectivity index (χ4n) is 7.40. The molecule has 7 aromatic carbocycles. The van der Waals surface area contributed by atoms with E-state index in [2.05, 4.69) is 167 Å². The smallest absolute Gasteiger partial charge is 0.0562 e. The summed E-state index contributed by atoms with van der Waals surface area (Å²) in [6.07, 6.45) is 0. The summed E-state index contributed by atoms with van der Waals surface area (Å²) >= 11 is 1.90. The lowest BCUT2D eigenvalue weighted by Crippen LogP contribution is -1.98. The number of hydrogen-bond acceptors (Lipinski definition) is 1. The van der Waals surface area contributed by atoms with Crippen molar-refractivity contribution < 1.29 is 0 Å². The van der Waals surface area contributed by atoms with Crippen LogP contribution in [0.25, 0.3) is 86.3 Å². The first kappa shape index (κ1) is 24.8. The van der Waals surface area contributed by atoms with E-state index in [1.165, 1.54) is 80.6 Å². The highest BCUT2D eigenvalue weighted by Crippen LogP contribution is 2.45. The SMILES string of the molecule is c1ccc(-c2ccccc2-n2c3cc(-n4c5ccccc5c5ccccc54)ccc3c3c4sc5ccccc5c4ccc32)cc1. The molecule has 45 heavy (non-hydrogen) atoms. The molecule has 0 saturated carbocycles. The van der Waals surface area contributed by atoms with Crippen molar-refractivity contribution in [2.45, 2.75) is 0 Å². The van der Waals surface area contributed by atoms with Crippen LogP contribution in [0.4, 0.5) is 0 Å². The van der Waals surface area contributed by atoms with E-state index in [9.17, 15) is 0 Å². The zero-order valence-corrected chi connectivity index (χ0v) is 25.1. The van der Waals surface area contributed by atoms with Crippen LogP contribution in [0.1, 0.15) is 0 Å². The van der Waals surface area contributed by atoms with E-state index in [-0.39, 0.29) is 0 Å². The average molecular weight is 591 g/mol. The third kappa shape index (κ3) is 3.50. The highest BCUT2D eigenvalue weighted by molar-refractivity contribution is 7.26. The Hall–Kier alpha value is -5.64. The van der Waals surface area contributed by atoms with Crippen LogP contribution >= 0.6 is 11.3 Å². The van der Waals surface area contributed by atoms with Gasteiger partial charge in [0.15, 0.2) is 0 Å². The van der Waals surface area contributed by atoms with E-state index in [0.717, 1.165) is 5.69 Å². The number of aromatic nitrogens is 2. The molecule has 0 aliphatic carbocycles. The molecule has 0 amide bonds. The van der Waals surface area contributed by atoms with Gasteiger partial charge in [0, 0.05) is 53.0 Å². The summed E-state index contributed by atoms with van der Waals surface area (Å²) in [5, 5.41) is 7.79. The first-order chi connectivity index (χ1) is 22.3. The fourth-order valence-corrected chi connectivity index (χ4v) is 8.66. The Bertz CT molecular complexity index is 2710. The summed E-state index contributed by atoms with van der Waals surface area (Å²) in [7, 11) is 0. The molecule has 0 unspecified atom stereocenters. The second-order valence-corrected chi connectivity index (χ2v) is 12.8. The van der Waals surface area contributed by atoms with Crippen LogP contribution in [0, 0.1) is 0 Å². The highest BCUT2D eigenvalue weighted by Gasteiger charge is 2.21. The van der Waals surface area contributed by atoms with Crippen molar-refractivity contribution in [3.8, 4) is 22.5 Å². The van der Waals surface area contributed by atoms with Crippen LogP contribution in [-0.4, -0.2) is 9.13 Å². The van der Waals surface area contributed by atoms with Gasteiger partial charge in [-0.25, -0.2) is 0 Å². The highest BCUT2D eigenvalue weighted by atomic mass is 32.1. The van der Waals surface area contributed by atoms with E-state index in [1.807, 2.05) is 11.3 Å². The van der Waals surface area contributed by atoms with Gasteiger partial charge in [-0.2, -0.15) is 0 Å². The van der Waals surface area contributed by atoms with Crippen molar-refractivity contribution in [1.82, 2.24) is 9.13 Å². The van der Waals surface area contributed by atoms with Crippen LogP contribution in [0.15, 0.2) is 158 Å². The lowest BCUT2D eigenvalue weighted by molar-refractivity contribution is 1.16. The van der Waals surface area contributed by atoms with Gasteiger partial charge in [0.05, 0.1) is 27.8 Å². The molecule has 0 aliphatic rings. The molecule has 210 valence electrons. The molecule has 0 N–H and O–H groups in total. The van der Waals surface area contributed by atoms with Crippen LogP contribution < -0.4 is 0 Å². The molecule has 0 bridgehead atoms. The van der Waals surface area contributed by atoms with Crippen molar-refractivity contribution >= 4 is 75.1 Å². The first-order valence-electron chi connectivity index (χ1n) is 15.4. The normalized spacial score (nSPS) is 12.0. The maximum absolute atomic E-state index is 2.49. The maximum atomic E-state index is 2.49. The van der Waals surface area contributed by atoms with Gasteiger partial charge in [-0.1, -0.05) is 115 Å². The Kier molecular flexibility index (Phi) is 5.19. The monoisotopic (exact) mass is 590 g/mol. The van der Waals surface area contributed by atoms with Gasteiger partial charge in [0.25, 0.3) is 0 Å². The number of nitrogens with zero attached hydrogens (tertiary/aromatic N) is 2. The van der Waals surface area contributed by atoms with Crippen molar-refractivity contribution in [1.29, 1.82) is 0 Å². The molecule has 0 saturated heterocycles. The quantitative estimate of drug-likeness (QED) is 0.194. The number of rotatable bonds is 3. The molecule has 3 heteroatoms. The van der Waals surface area contributed by atoms with Crippen molar-refractivity contribution in [2.24, 2.45) is 0 Å². The largest absolute Gasteiger partial charge is 0.309 e. The Morgan fingerprint density at radius 1 is 0.400 bits per heavy atom. The van der Waals surface area contributed by atoms with Gasteiger partial charge in [0.1, 0.15) is 0 Å². The third-order valence-corrected chi connectivity index (χ3v) is 10.5. The summed E-state index contributed by atoms with van der Waals surface area (Å²) in [6.45, 7) is 0. The second kappa shape index (κ2) is 9.43. The Morgan fingerprint density at radius 2 is 1.04 bits per heavy atom. The minimum atomic E-state index is 1.16. The predicted molar refractivity (Wildman–Crippen MR) is 193 cm³/mol. The zero-order valence-electron chi connectivity index (χ0n) is 24.3. The predicted octanol–water partition coefficient (Wildman–Crippen LogP) is 11.9. The van der Waals surface area contributed by atoms with Gasteiger partial charge in [0.2, 0.25) is 0 Å². The molecule has 0 atom stereocenters. The molecule has 0 aliphatic heterocycles. The minimum Gasteiger partial charge on any atom is -0.309 e. The lowest BCUT2D eigenvalue weighted by Gasteiger charge is -2.15. The van der Waals surface area contributed by atoms with Crippen molar-refractivity contribution in [2.75, 3.05) is 0 Å². The second-order valence-electron chi connectivity index (χ2n) is 11.7. The summed E-state index contributed by atoms with van der Waals surface area (Å²) in [6, 6.07) is 57.6. The molecule has 10 rings (SSSR count). The lowest BCUT2D eigenvalue weighted by atomic mass is 10.0. The number of hydrogen-bond donors (Lipinski definition) is 0. The Labute approximate surface area is 263 Å². The van der Waals surface area contributed by atoms with Crippen LogP contribution in [-0.2, 0) is 0 Å². The molecule has 3 heterocycles. The third-order valence-electron chi connectivity index (χ3n) is 9.33. The van der Waals surface area contributed by atoms with Crippen LogP contribution in [0.5, 0.6) is 0 Å². The van der Waals surface area contributed by atoms with Gasteiger partial charge < -0.3 is 9.13 Å². The standard InChI is InChI=1S/C42H26N2S/c1-2-12-27(13-3-1)29-14-4-8-18-35(29)44-38-25-24-33-32-17-7-11-21-40(32)45-42(33)41(38)34-23-22-28(26-39(34)44)43-36-19-9-5-15-30(36)31-16-6-10-20-37(31)43/h1-26H. The van der Waals surface area contributed by atoms with Gasteiger partial charge in [-0.15, -0.1) is 11.3 Å². The molecule has 0 radical (unpaired) electrons. The number of thiophene rings is 1. The number of para-hydroxylation sites is 3. The van der Waals surface area contributed by atoms with E-state index in [4.69, 9.17) is 0 Å². The molecule has 0 fully saturated rings. The van der Waals surface area contributed by atoms with E-state index < -0.39 is 0 Å². The first-order valence-corrected chi connectivity index (χ1v) is 16.2. The molecular weight excluding hydrogens is 565 g/mol. The zero-order chi connectivity index (χ0) is 29.5. The van der Waals surface area contributed by atoms with E-state index in [0.29, 0.717) is 0 Å². The van der Waals surface area contributed by atoms with Gasteiger partial charge >= 0.3 is 0 Å². The molecule has 2 nitrogen and oxygen atoms in total.